The van der Waals surface area contributed by atoms with Gasteiger partial charge in [-0.2, -0.15) is 0 Å². The molecular formula is C18H20BrCl. The maximum Gasteiger partial charge on any atom is 0.0846 e. The van der Waals surface area contributed by atoms with Crippen LogP contribution in [0.3, 0.4) is 0 Å². The molecule has 20 heavy (non-hydrogen) atoms. The first kappa shape index (κ1) is 15.6. The zero-order chi connectivity index (χ0) is 14.7. The van der Waals surface area contributed by atoms with Crippen LogP contribution in [0.15, 0.2) is 40.9 Å². The highest BCUT2D eigenvalue weighted by molar-refractivity contribution is 9.10. The maximum atomic E-state index is 6.70. The SMILES string of the molecule is CCc1ccc(C(Cl)c2cc(C)ccc2Br)cc1CC. The quantitative estimate of drug-likeness (QED) is 0.574. The van der Waals surface area contributed by atoms with Gasteiger partial charge in [0.2, 0.25) is 0 Å². The zero-order valence-corrected chi connectivity index (χ0v) is 14.6. The van der Waals surface area contributed by atoms with Crippen LogP contribution < -0.4 is 0 Å². The van der Waals surface area contributed by atoms with E-state index < -0.39 is 0 Å². The van der Waals surface area contributed by atoms with E-state index >= 15 is 0 Å². The fourth-order valence-corrected chi connectivity index (χ4v) is 3.44. The van der Waals surface area contributed by atoms with E-state index in [1.165, 1.54) is 22.3 Å². The van der Waals surface area contributed by atoms with Gasteiger partial charge in [-0.05, 0) is 48.1 Å². The van der Waals surface area contributed by atoms with E-state index in [2.05, 4.69) is 73.1 Å². The van der Waals surface area contributed by atoms with Crippen molar-refractivity contribution >= 4 is 27.5 Å². The van der Waals surface area contributed by atoms with Crippen molar-refractivity contribution in [2.45, 2.75) is 39.0 Å². The van der Waals surface area contributed by atoms with E-state index in [-0.39, 0.29) is 5.38 Å². The zero-order valence-electron chi connectivity index (χ0n) is 12.2. The normalized spacial score (nSPS) is 12.4. The van der Waals surface area contributed by atoms with Crippen molar-refractivity contribution in [2.75, 3.05) is 0 Å². The van der Waals surface area contributed by atoms with Gasteiger partial charge >= 0.3 is 0 Å². The molecular weight excluding hydrogens is 332 g/mol. The molecule has 0 aliphatic carbocycles. The van der Waals surface area contributed by atoms with E-state index in [0.29, 0.717) is 0 Å². The Morgan fingerprint density at radius 2 is 1.70 bits per heavy atom. The summed E-state index contributed by atoms with van der Waals surface area (Å²) in [5.74, 6) is 0. The Morgan fingerprint density at radius 3 is 2.35 bits per heavy atom. The number of hydrogen-bond donors (Lipinski definition) is 0. The molecule has 0 bridgehead atoms. The molecule has 2 aromatic rings. The predicted octanol–water partition coefficient (Wildman–Crippen LogP) is 6.21. The minimum atomic E-state index is -0.111. The van der Waals surface area contributed by atoms with Crippen LogP contribution in [0.4, 0.5) is 0 Å². The Hall–Kier alpha value is -0.790. The molecule has 0 heterocycles. The van der Waals surface area contributed by atoms with Crippen molar-refractivity contribution in [2.24, 2.45) is 0 Å². The first-order valence-corrected chi connectivity index (χ1v) is 8.31. The van der Waals surface area contributed by atoms with Crippen molar-refractivity contribution < 1.29 is 0 Å². The Kier molecular flexibility index (Phi) is 5.29. The van der Waals surface area contributed by atoms with Gasteiger partial charge in [0.25, 0.3) is 0 Å². The van der Waals surface area contributed by atoms with Gasteiger partial charge in [-0.3, -0.25) is 0 Å². The van der Waals surface area contributed by atoms with Gasteiger partial charge in [-0.15, -0.1) is 11.6 Å². The lowest BCUT2D eigenvalue weighted by atomic mass is 9.96. The van der Waals surface area contributed by atoms with Crippen LogP contribution in [0.1, 0.15) is 47.0 Å². The smallest absolute Gasteiger partial charge is 0.0846 e. The second-order valence-electron chi connectivity index (χ2n) is 5.12. The molecule has 0 nitrogen and oxygen atoms in total. The van der Waals surface area contributed by atoms with Gasteiger partial charge in [0, 0.05) is 4.47 Å². The third-order valence-corrected chi connectivity index (χ3v) is 4.92. The molecule has 2 heteroatoms. The number of rotatable bonds is 4. The Labute approximate surface area is 135 Å². The molecule has 1 unspecified atom stereocenters. The number of alkyl halides is 1. The van der Waals surface area contributed by atoms with Crippen LogP contribution in [0, 0.1) is 6.92 Å². The highest BCUT2D eigenvalue weighted by Crippen LogP contribution is 2.35. The Bertz CT molecular complexity index is 604. The fraction of sp³-hybridized carbons (Fsp3) is 0.333. The maximum absolute atomic E-state index is 6.70. The minimum Gasteiger partial charge on any atom is -0.113 e. The molecule has 0 saturated heterocycles. The van der Waals surface area contributed by atoms with E-state index in [9.17, 15) is 0 Å². The lowest BCUT2D eigenvalue weighted by Gasteiger charge is -2.16. The summed E-state index contributed by atoms with van der Waals surface area (Å²) in [6.07, 6.45) is 2.13. The largest absolute Gasteiger partial charge is 0.113 e. The summed E-state index contributed by atoms with van der Waals surface area (Å²) in [6.45, 7) is 6.49. The number of halogens is 2. The molecule has 2 rings (SSSR count). The van der Waals surface area contributed by atoms with E-state index in [4.69, 9.17) is 11.6 Å². The molecule has 0 spiro atoms. The molecule has 106 valence electrons. The third-order valence-electron chi connectivity index (χ3n) is 3.71. The van der Waals surface area contributed by atoms with Crippen LogP contribution >= 0.6 is 27.5 Å². The lowest BCUT2D eigenvalue weighted by Crippen LogP contribution is -1.99. The molecule has 0 N–H and O–H groups in total. The molecule has 0 amide bonds. The summed E-state index contributed by atoms with van der Waals surface area (Å²) in [5, 5.41) is -0.111. The second kappa shape index (κ2) is 6.78. The predicted molar refractivity (Wildman–Crippen MR) is 91.8 cm³/mol. The van der Waals surface area contributed by atoms with Crippen LogP contribution in [-0.2, 0) is 12.8 Å². The minimum absolute atomic E-state index is 0.111. The first-order valence-electron chi connectivity index (χ1n) is 7.08. The fourth-order valence-electron chi connectivity index (χ4n) is 2.51. The number of aryl methyl sites for hydroxylation is 3. The lowest BCUT2D eigenvalue weighted by molar-refractivity contribution is 1.01. The summed E-state index contributed by atoms with van der Waals surface area (Å²) in [7, 11) is 0. The molecule has 0 aromatic heterocycles. The monoisotopic (exact) mass is 350 g/mol. The van der Waals surface area contributed by atoms with Crippen molar-refractivity contribution in [1.82, 2.24) is 0 Å². The highest BCUT2D eigenvalue weighted by Gasteiger charge is 2.15. The van der Waals surface area contributed by atoms with Gasteiger partial charge in [-0.25, -0.2) is 0 Å². The van der Waals surface area contributed by atoms with Crippen LogP contribution in [-0.4, -0.2) is 0 Å². The summed E-state index contributed by atoms with van der Waals surface area (Å²) in [6, 6.07) is 12.9. The Balaban J connectivity index is 2.42. The van der Waals surface area contributed by atoms with Crippen LogP contribution in [0.25, 0.3) is 0 Å². The Morgan fingerprint density at radius 1 is 1.00 bits per heavy atom. The molecule has 2 aromatic carbocycles. The molecule has 1 atom stereocenters. The van der Waals surface area contributed by atoms with Gasteiger partial charge < -0.3 is 0 Å². The van der Waals surface area contributed by atoms with Gasteiger partial charge in [0.15, 0.2) is 0 Å². The topological polar surface area (TPSA) is 0 Å². The molecule has 0 radical (unpaired) electrons. The van der Waals surface area contributed by atoms with Gasteiger partial charge in [0.05, 0.1) is 5.38 Å². The average Bonchev–Trinajstić information content (AvgIpc) is 2.48. The first-order chi connectivity index (χ1) is 9.56. The van der Waals surface area contributed by atoms with Crippen molar-refractivity contribution in [3.05, 3.63) is 68.7 Å². The van der Waals surface area contributed by atoms with Crippen LogP contribution in [0.5, 0.6) is 0 Å². The number of hydrogen-bond acceptors (Lipinski definition) is 0. The molecule has 0 fully saturated rings. The van der Waals surface area contributed by atoms with Gasteiger partial charge in [0.1, 0.15) is 0 Å². The summed E-state index contributed by atoms with van der Waals surface area (Å²) in [4.78, 5) is 0. The van der Waals surface area contributed by atoms with Crippen molar-refractivity contribution in [1.29, 1.82) is 0 Å². The van der Waals surface area contributed by atoms with Crippen molar-refractivity contribution in [3.63, 3.8) is 0 Å². The average molecular weight is 352 g/mol. The molecule has 0 aliphatic heterocycles. The summed E-state index contributed by atoms with van der Waals surface area (Å²) >= 11 is 10.3. The second-order valence-corrected chi connectivity index (χ2v) is 6.41. The molecule has 0 saturated carbocycles. The van der Waals surface area contributed by atoms with Gasteiger partial charge in [-0.1, -0.05) is 65.7 Å². The standard InChI is InChI=1S/C18H20BrCl/c1-4-13-7-8-15(11-14(13)5-2)18(20)16-10-12(3)6-9-17(16)19/h6-11,18H,4-5H2,1-3H3. The summed E-state index contributed by atoms with van der Waals surface area (Å²) in [5.41, 5.74) is 6.36. The summed E-state index contributed by atoms with van der Waals surface area (Å²) < 4.78 is 1.07. The number of benzene rings is 2. The third kappa shape index (κ3) is 3.27. The van der Waals surface area contributed by atoms with Crippen molar-refractivity contribution in [3.8, 4) is 0 Å². The van der Waals surface area contributed by atoms with E-state index in [1.54, 1.807) is 0 Å². The highest BCUT2D eigenvalue weighted by atomic mass is 79.9. The van der Waals surface area contributed by atoms with E-state index in [1.807, 2.05) is 0 Å². The van der Waals surface area contributed by atoms with E-state index in [0.717, 1.165) is 22.9 Å². The van der Waals surface area contributed by atoms with Crippen LogP contribution in [0.2, 0.25) is 0 Å². The molecule has 0 aliphatic rings.